The van der Waals surface area contributed by atoms with Crippen LogP contribution in [0.3, 0.4) is 0 Å². The van der Waals surface area contributed by atoms with Crippen LogP contribution in [0.15, 0.2) is 24.3 Å². The maximum Gasteiger partial charge on any atom is 0.220 e. The third-order valence-corrected chi connectivity index (χ3v) is 16.5. The highest BCUT2D eigenvalue weighted by Gasteiger charge is 2.44. The molecule has 6 N–H and O–H groups in total. The Morgan fingerprint density at radius 2 is 0.740 bits per heavy atom. The van der Waals surface area contributed by atoms with Crippen molar-refractivity contribution in [1.82, 2.24) is 5.32 Å². The zero-order valence-corrected chi connectivity index (χ0v) is 51.0. The zero-order valence-electron chi connectivity index (χ0n) is 51.0. The lowest BCUT2D eigenvalue weighted by atomic mass is 9.99. The summed E-state index contributed by atoms with van der Waals surface area (Å²) < 4.78 is 11.3. The summed E-state index contributed by atoms with van der Waals surface area (Å²) in [5, 5.41) is 54.6. The lowest BCUT2D eigenvalue weighted by Gasteiger charge is -2.40. The van der Waals surface area contributed by atoms with Crippen LogP contribution in [-0.2, 0) is 14.3 Å². The van der Waals surface area contributed by atoms with Crippen molar-refractivity contribution in [1.29, 1.82) is 0 Å². The lowest BCUT2D eigenvalue weighted by Crippen LogP contribution is -2.60. The van der Waals surface area contributed by atoms with Gasteiger partial charge in [-0.1, -0.05) is 334 Å². The van der Waals surface area contributed by atoms with E-state index in [0.29, 0.717) is 6.42 Å². The molecule has 0 radical (unpaired) electrons. The van der Waals surface area contributed by atoms with Gasteiger partial charge >= 0.3 is 0 Å². The fourth-order valence-electron chi connectivity index (χ4n) is 11.2. The molecule has 0 saturated carbocycles. The highest BCUT2D eigenvalue weighted by molar-refractivity contribution is 5.76. The maximum absolute atomic E-state index is 13.1. The minimum absolute atomic E-state index is 0.179. The Morgan fingerprint density at radius 3 is 1.09 bits per heavy atom. The van der Waals surface area contributed by atoms with Crippen LogP contribution < -0.4 is 5.32 Å². The molecule has 0 bridgehead atoms. The molecular weight excluding hydrogens is 959 g/mol. The van der Waals surface area contributed by atoms with Gasteiger partial charge in [-0.2, -0.15) is 0 Å². The van der Waals surface area contributed by atoms with Gasteiger partial charge < -0.3 is 40.3 Å². The van der Waals surface area contributed by atoms with Crippen LogP contribution in [0.2, 0.25) is 0 Å². The van der Waals surface area contributed by atoms with Crippen LogP contribution in [0.5, 0.6) is 0 Å². The molecule has 9 nitrogen and oxygen atoms in total. The van der Waals surface area contributed by atoms with Gasteiger partial charge in [0.15, 0.2) is 6.29 Å². The van der Waals surface area contributed by atoms with Crippen molar-refractivity contribution in [2.75, 3.05) is 13.2 Å². The SMILES string of the molecule is CCCCCCCCCCCCCCCC/C=C/CC/C=C/C(O)C(COC1OC(CO)C(O)C(O)C1O)NC(=O)CCCCCCCCCCCCCCCCCCCCCCCCCCCCCCCCCCCC. The van der Waals surface area contributed by atoms with Gasteiger partial charge in [0.05, 0.1) is 25.4 Å². The van der Waals surface area contributed by atoms with E-state index in [4.69, 9.17) is 9.47 Å². The summed E-state index contributed by atoms with van der Waals surface area (Å²) in [5.41, 5.74) is 0. The number of allylic oxidation sites excluding steroid dienone is 3. The van der Waals surface area contributed by atoms with Crippen molar-refractivity contribution in [3.05, 3.63) is 24.3 Å². The summed E-state index contributed by atoms with van der Waals surface area (Å²) in [5.74, 6) is -0.179. The summed E-state index contributed by atoms with van der Waals surface area (Å²) in [6.45, 7) is 3.82. The smallest absolute Gasteiger partial charge is 0.220 e. The highest BCUT2D eigenvalue weighted by atomic mass is 16.7. The van der Waals surface area contributed by atoms with Crippen molar-refractivity contribution in [3.8, 4) is 0 Å². The first-order valence-electron chi connectivity index (χ1n) is 34.1. The lowest BCUT2D eigenvalue weighted by molar-refractivity contribution is -0.302. The standard InChI is InChI=1S/C68H131NO8/c1-3-5-7-9-11-13-15-17-19-21-23-25-26-27-28-29-30-31-32-33-34-35-36-37-38-40-42-44-46-48-50-52-54-56-58-64(72)69-61(60-76-68-67(75)66(74)65(73)63(59-70)77-68)62(71)57-55-53-51-49-47-45-43-41-39-24-22-20-18-16-14-12-10-8-6-4-2/h47,49,55,57,61-63,65-68,70-71,73-75H,3-46,48,50-54,56,58-60H2,1-2H3,(H,69,72)/b49-47+,57-55+. The fourth-order valence-corrected chi connectivity index (χ4v) is 11.2. The van der Waals surface area contributed by atoms with Crippen LogP contribution in [-0.4, -0.2) is 87.5 Å². The predicted molar refractivity (Wildman–Crippen MR) is 327 cm³/mol. The van der Waals surface area contributed by atoms with E-state index in [9.17, 15) is 30.3 Å². The Morgan fingerprint density at radius 1 is 0.429 bits per heavy atom. The van der Waals surface area contributed by atoms with E-state index >= 15 is 0 Å². The van der Waals surface area contributed by atoms with Gasteiger partial charge in [-0.15, -0.1) is 0 Å². The number of hydrogen-bond donors (Lipinski definition) is 6. The molecule has 0 aromatic heterocycles. The second-order valence-electron chi connectivity index (χ2n) is 24.0. The van der Waals surface area contributed by atoms with Crippen molar-refractivity contribution < 1.29 is 39.8 Å². The van der Waals surface area contributed by atoms with Gasteiger partial charge in [0.1, 0.15) is 24.4 Å². The van der Waals surface area contributed by atoms with Crippen molar-refractivity contribution >= 4 is 5.91 Å². The molecule has 9 heteroatoms. The summed E-state index contributed by atoms with van der Waals surface area (Å²) >= 11 is 0. The number of unbranched alkanes of at least 4 members (excludes halogenated alkanes) is 48. The number of carbonyl (C=O) groups excluding carboxylic acids is 1. The predicted octanol–water partition coefficient (Wildman–Crippen LogP) is 18.1. The Hall–Kier alpha value is -1.33. The van der Waals surface area contributed by atoms with Crippen LogP contribution in [0.1, 0.15) is 348 Å². The first-order chi connectivity index (χ1) is 37.8. The van der Waals surface area contributed by atoms with Gasteiger partial charge in [-0.3, -0.25) is 4.79 Å². The van der Waals surface area contributed by atoms with E-state index in [1.807, 2.05) is 6.08 Å². The highest BCUT2D eigenvalue weighted by Crippen LogP contribution is 2.23. The number of amides is 1. The Bertz CT molecular complexity index is 1260. The third-order valence-electron chi connectivity index (χ3n) is 16.5. The third kappa shape index (κ3) is 46.9. The number of ether oxygens (including phenoxy) is 2. The molecule has 7 atom stereocenters. The molecule has 0 aliphatic carbocycles. The molecule has 1 saturated heterocycles. The van der Waals surface area contributed by atoms with Crippen LogP contribution in [0.4, 0.5) is 0 Å². The van der Waals surface area contributed by atoms with Gasteiger partial charge in [0.2, 0.25) is 5.91 Å². The van der Waals surface area contributed by atoms with Crippen LogP contribution in [0.25, 0.3) is 0 Å². The van der Waals surface area contributed by atoms with Crippen molar-refractivity contribution in [2.24, 2.45) is 0 Å². The van der Waals surface area contributed by atoms with Gasteiger partial charge in [-0.25, -0.2) is 0 Å². The average molecular weight is 1090 g/mol. The Kier molecular flexibility index (Phi) is 55.4. The molecule has 456 valence electrons. The molecule has 0 aromatic carbocycles. The molecule has 1 aliphatic rings. The van der Waals surface area contributed by atoms with E-state index in [2.05, 4.69) is 31.3 Å². The van der Waals surface area contributed by atoms with E-state index in [1.165, 1.54) is 289 Å². The quantitative estimate of drug-likeness (QED) is 0.0261. The van der Waals surface area contributed by atoms with Gasteiger partial charge in [0.25, 0.3) is 0 Å². The minimum atomic E-state index is -1.57. The molecular formula is C68H131NO8. The maximum atomic E-state index is 13.1. The molecule has 1 heterocycles. The number of carbonyl (C=O) groups is 1. The average Bonchev–Trinajstić information content (AvgIpc) is 3.43. The Balaban J connectivity index is 2.10. The molecule has 1 amide bonds. The summed E-state index contributed by atoms with van der Waals surface area (Å²) in [4.78, 5) is 13.1. The number of hydrogen-bond acceptors (Lipinski definition) is 8. The van der Waals surface area contributed by atoms with Crippen molar-refractivity contribution in [3.63, 3.8) is 0 Å². The second kappa shape index (κ2) is 57.9. The Labute approximate surface area is 477 Å². The molecule has 0 spiro atoms. The number of rotatable bonds is 60. The number of aliphatic hydroxyl groups excluding tert-OH is 5. The topological polar surface area (TPSA) is 149 Å². The molecule has 77 heavy (non-hydrogen) atoms. The second-order valence-corrected chi connectivity index (χ2v) is 24.0. The van der Waals surface area contributed by atoms with Gasteiger partial charge in [-0.05, 0) is 32.1 Å². The summed E-state index contributed by atoms with van der Waals surface area (Å²) in [6.07, 6.45) is 68.7. The van der Waals surface area contributed by atoms with Crippen LogP contribution in [0, 0.1) is 0 Å². The van der Waals surface area contributed by atoms with Crippen molar-refractivity contribution in [2.45, 2.75) is 391 Å². The first kappa shape index (κ1) is 73.7. The van der Waals surface area contributed by atoms with E-state index < -0.39 is 49.5 Å². The first-order valence-corrected chi connectivity index (χ1v) is 34.1. The molecule has 0 aromatic rings. The van der Waals surface area contributed by atoms with E-state index in [-0.39, 0.29) is 12.5 Å². The van der Waals surface area contributed by atoms with Crippen LogP contribution >= 0.6 is 0 Å². The molecule has 7 unspecified atom stereocenters. The zero-order chi connectivity index (χ0) is 55.8. The minimum Gasteiger partial charge on any atom is -0.394 e. The molecule has 1 aliphatic heterocycles. The van der Waals surface area contributed by atoms with E-state index in [0.717, 1.165) is 38.5 Å². The summed E-state index contributed by atoms with van der Waals surface area (Å²) in [6, 6.07) is -0.819. The largest absolute Gasteiger partial charge is 0.394 e. The van der Waals surface area contributed by atoms with E-state index in [1.54, 1.807) is 6.08 Å². The number of aliphatic hydroxyl groups is 5. The fraction of sp³-hybridized carbons (Fsp3) is 0.926. The monoisotopic (exact) mass is 1090 g/mol. The summed E-state index contributed by atoms with van der Waals surface area (Å²) in [7, 11) is 0. The molecule has 1 rings (SSSR count). The normalized spacial score (nSPS) is 18.8. The number of nitrogens with one attached hydrogen (secondary N) is 1. The molecule has 1 fully saturated rings. The van der Waals surface area contributed by atoms with Gasteiger partial charge in [0, 0.05) is 6.42 Å².